The van der Waals surface area contributed by atoms with Crippen molar-refractivity contribution in [1.29, 1.82) is 0 Å². The Labute approximate surface area is 159 Å². The molecule has 2 N–H and O–H groups in total. The maximum absolute atomic E-state index is 12.2. The zero-order valence-corrected chi connectivity index (χ0v) is 15.0. The van der Waals surface area contributed by atoms with Crippen molar-refractivity contribution in [3.8, 4) is 11.1 Å². The zero-order valence-electron chi connectivity index (χ0n) is 14.1. The van der Waals surface area contributed by atoms with E-state index in [9.17, 15) is 14.4 Å². The second-order valence-electron chi connectivity index (χ2n) is 5.42. The number of rotatable bonds is 6. The molecule has 0 atom stereocenters. The summed E-state index contributed by atoms with van der Waals surface area (Å²) < 4.78 is 10.1. The first-order valence-electron chi connectivity index (χ1n) is 8.03. The SMILES string of the molecule is O=C(COC(=O)c1occc1-c1ccccc1)NC(=O)NCc1cccs1. The molecule has 138 valence electrons. The summed E-state index contributed by atoms with van der Waals surface area (Å²) >= 11 is 1.49. The van der Waals surface area contributed by atoms with Crippen LogP contribution in [0.15, 0.2) is 64.6 Å². The van der Waals surface area contributed by atoms with E-state index < -0.39 is 24.5 Å². The summed E-state index contributed by atoms with van der Waals surface area (Å²) in [5.41, 5.74) is 1.35. The minimum atomic E-state index is -0.784. The molecule has 0 saturated heterocycles. The fourth-order valence-corrected chi connectivity index (χ4v) is 2.94. The Balaban J connectivity index is 1.48. The van der Waals surface area contributed by atoms with Crippen LogP contribution < -0.4 is 10.6 Å². The van der Waals surface area contributed by atoms with Gasteiger partial charge in [0.2, 0.25) is 5.76 Å². The topological polar surface area (TPSA) is 97.6 Å². The van der Waals surface area contributed by atoms with Gasteiger partial charge in [0.1, 0.15) is 0 Å². The van der Waals surface area contributed by atoms with Gasteiger partial charge >= 0.3 is 12.0 Å². The van der Waals surface area contributed by atoms with Crippen molar-refractivity contribution in [3.05, 3.63) is 70.8 Å². The average Bonchev–Trinajstić information content (AvgIpc) is 3.37. The Morgan fingerprint density at radius 1 is 1.04 bits per heavy atom. The van der Waals surface area contributed by atoms with Gasteiger partial charge in [-0.25, -0.2) is 9.59 Å². The van der Waals surface area contributed by atoms with Crippen LogP contribution in [0.5, 0.6) is 0 Å². The second kappa shape index (κ2) is 8.81. The number of thiophene rings is 1. The third-order valence-electron chi connectivity index (χ3n) is 3.53. The quantitative estimate of drug-likeness (QED) is 0.636. The van der Waals surface area contributed by atoms with Gasteiger partial charge in [-0.2, -0.15) is 0 Å². The normalized spacial score (nSPS) is 10.2. The molecule has 0 saturated carbocycles. The Kier molecular flexibility index (Phi) is 6.01. The number of hydrogen-bond donors (Lipinski definition) is 2. The third kappa shape index (κ3) is 5.05. The van der Waals surface area contributed by atoms with Crippen molar-refractivity contribution in [2.75, 3.05) is 6.61 Å². The minimum Gasteiger partial charge on any atom is -0.457 e. The van der Waals surface area contributed by atoms with Gasteiger partial charge in [0.05, 0.1) is 12.8 Å². The molecule has 1 aromatic carbocycles. The van der Waals surface area contributed by atoms with E-state index in [1.807, 2.05) is 47.8 Å². The molecule has 2 heterocycles. The van der Waals surface area contributed by atoms with Gasteiger partial charge in [-0.15, -0.1) is 11.3 Å². The number of benzene rings is 1. The molecule has 27 heavy (non-hydrogen) atoms. The van der Waals surface area contributed by atoms with Crippen LogP contribution in [-0.2, 0) is 16.1 Å². The van der Waals surface area contributed by atoms with Crippen molar-refractivity contribution in [2.45, 2.75) is 6.54 Å². The van der Waals surface area contributed by atoms with Gasteiger partial charge in [0.25, 0.3) is 5.91 Å². The summed E-state index contributed by atoms with van der Waals surface area (Å²) in [5.74, 6) is -1.52. The van der Waals surface area contributed by atoms with Crippen LogP contribution in [0.25, 0.3) is 11.1 Å². The molecule has 0 aliphatic heterocycles. The standard InChI is InChI=1S/C19H16N2O5S/c22-16(21-19(24)20-11-14-7-4-10-27-14)12-26-18(23)17-15(8-9-25-17)13-5-2-1-3-6-13/h1-10H,11-12H2,(H2,20,21,22,24). The summed E-state index contributed by atoms with van der Waals surface area (Å²) in [5, 5.41) is 6.53. The van der Waals surface area contributed by atoms with E-state index in [0.29, 0.717) is 12.1 Å². The highest BCUT2D eigenvalue weighted by molar-refractivity contribution is 7.09. The van der Waals surface area contributed by atoms with E-state index in [2.05, 4.69) is 10.6 Å². The van der Waals surface area contributed by atoms with Crippen LogP contribution in [-0.4, -0.2) is 24.5 Å². The van der Waals surface area contributed by atoms with Crippen molar-refractivity contribution in [3.63, 3.8) is 0 Å². The van der Waals surface area contributed by atoms with Crippen LogP contribution >= 0.6 is 11.3 Å². The second-order valence-corrected chi connectivity index (χ2v) is 6.45. The van der Waals surface area contributed by atoms with Crippen LogP contribution in [0, 0.1) is 0 Å². The van der Waals surface area contributed by atoms with Gasteiger partial charge in [0.15, 0.2) is 6.61 Å². The number of carbonyl (C=O) groups is 3. The summed E-state index contributed by atoms with van der Waals surface area (Å²) in [4.78, 5) is 36.6. The van der Waals surface area contributed by atoms with E-state index in [0.717, 1.165) is 10.4 Å². The highest BCUT2D eigenvalue weighted by Crippen LogP contribution is 2.25. The number of furan rings is 1. The molecule has 2 aromatic heterocycles. The lowest BCUT2D eigenvalue weighted by Gasteiger charge is -2.07. The predicted molar refractivity (Wildman–Crippen MR) is 99.1 cm³/mol. The van der Waals surface area contributed by atoms with Gasteiger partial charge in [-0.1, -0.05) is 36.4 Å². The molecular weight excluding hydrogens is 368 g/mol. The molecule has 0 bridgehead atoms. The molecule has 0 aliphatic rings. The summed E-state index contributed by atoms with van der Waals surface area (Å²) in [7, 11) is 0. The van der Waals surface area contributed by atoms with Gasteiger partial charge in [0, 0.05) is 10.4 Å². The average molecular weight is 384 g/mol. The number of urea groups is 1. The maximum Gasteiger partial charge on any atom is 0.375 e. The lowest BCUT2D eigenvalue weighted by molar-refractivity contribution is -0.123. The molecule has 0 fully saturated rings. The summed E-state index contributed by atoms with van der Waals surface area (Å²) in [6, 6.07) is 13.9. The summed E-state index contributed by atoms with van der Waals surface area (Å²) in [6.07, 6.45) is 1.37. The number of hydrogen-bond acceptors (Lipinski definition) is 6. The van der Waals surface area contributed by atoms with Crippen molar-refractivity contribution in [2.24, 2.45) is 0 Å². The van der Waals surface area contributed by atoms with Crippen molar-refractivity contribution >= 4 is 29.2 Å². The van der Waals surface area contributed by atoms with E-state index >= 15 is 0 Å². The molecule has 3 aromatic rings. The Hall–Kier alpha value is -3.39. The monoisotopic (exact) mass is 384 g/mol. The fraction of sp³-hybridized carbons (Fsp3) is 0.105. The number of carbonyl (C=O) groups excluding carboxylic acids is 3. The first kappa shape index (κ1) is 18.4. The Bertz CT molecular complexity index is 919. The molecule has 0 radical (unpaired) electrons. The zero-order chi connectivity index (χ0) is 19.1. The van der Waals surface area contributed by atoms with E-state index in [-0.39, 0.29) is 5.76 Å². The van der Waals surface area contributed by atoms with E-state index in [1.165, 1.54) is 17.6 Å². The lowest BCUT2D eigenvalue weighted by Crippen LogP contribution is -2.41. The largest absolute Gasteiger partial charge is 0.457 e. The number of nitrogens with one attached hydrogen (secondary N) is 2. The van der Waals surface area contributed by atoms with Crippen LogP contribution in [0.1, 0.15) is 15.4 Å². The predicted octanol–water partition coefficient (Wildman–Crippen LogP) is 3.19. The molecule has 0 spiro atoms. The first-order chi connectivity index (χ1) is 13.1. The molecule has 3 amide bonds. The van der Waals surface area contributed by atoms with E-state index in [4.69, 9.17) is 9.15 Å². The molecule has 3 rings (SSSR count). The highest BCUT2D eigenvalue weighted by atomic mass is 32.1. The lowest BCUT2D eigenvalue weighted by atomic mass is 10.1. The smallest absolute Gasteiger partial charge is 0.375 e. The van der Waals surface area contributed by atoms with Gasteiger partial charge in [-0.3, -0.25) is 10.1 Å². The number of esters is 1. The fourth-order valence-electron chi connectivity index (χ4n) is 2.30. The van der Waals surface area contributed by atoms with Crippen LogP contribution in [0.3, 0.4) is 0 Å². The molecular formula is C19H16N2O5S. The first-order valence-corrected chi connectivity index (χ1v) is 8.91. The third-order valence-corrected chi connectivity index (χ3v) is 4.40. The van der Waals surface area contributed by atoms with Crippen LogP contribution in [0.2, 0.25) is 0 Å². The Morgan fingerprint density at radius 3 is 2.59 bits per heavy atom. The number of imide groups is 1. The molecule has 7 nitrogen and oxygen atoms in total. The molecule has 8 heteroatoms. The Morgan fingerprint density at radius 2 is 1.85 bits per heavy atom. The minimum absolute atomic E-state index is 0.00357. The number of ether oxygens (including phenoxy) is 1. The summed E-state index contributed by atoms with van der Waals surface area (Å²) in [6.45, 7) is -0.288. The maximum atomic E-state index is 12.2. The van der Waals surface area contributed by atoms with Crippen LogP contribution in [0.4, 0.5) is 4.79 Å². The molecule has 0 unspecified atom stereocenters. The van der Waals surface area contributed by atoms with Crippen molar-refractivity contribution in [1.82, 2.24) is 10.6 Å². The van der Waals surface area contributed by atoms with Gasteiger partial charge < -0.3 is 14.5 Å². The van der Waals surface area contributed by atoms with Crippen molar-refractivity contribution < 1.29 is 23.5 Å². The van der Waals surface area contributed by atoms with Gasteiger partial charge in [-0.05, 0) is 23.1 Å². The van der Waals surface area contributed by atoms with E-state index in [1.54, 1.807) is 6.07 Å². The number of amides is 3. The molecule has 0 aliphatic carbocycles. The highest BCUT2D eigenvalue weighted by Gasteiger charge is 2.19.